The van der Waals surface area contributed by atoms with E-state index in [4.69, 9.17) is 17.3 Å². The molecule has 0 spiro atoms. The van der Waals surface area contributed by atoms with Gasteiger partial charge in [0.2, 0.25) is 0 Å². The van der Waals surface area contributed by atoms with Crippen molar-refractivity contribution in [3.8, 4) is 0 Å². The Kier molecular flexibility index (Phi) is 4.32. The van der Waals surface area contributed by atoms with Crippen LogP contribution in [0, 0.1) is 0 Å². The Bertz CT molecular complexity index is 463. The summed E-state index contributed by atoms with van der Waals surface area (Å²) in [5.74, 6) is 0. The topological polar surface area (TPSA) is 32.5 Å². The van der Waals surface area contributed by atoms with Crippen molar-refractivity contribution in [1.82, 2.24) is 9.80 Å². The summed E-state index contributed by atoms with van der Waals surface area (Å²) in [5.41, 5.74) is 7.47. The van der Waals surface area contributed by atoms with Crippen LogP contribution < -0.4 is 5.73 Å². The van der Waals surface area contributed by atoms with E-state index < -0.39 is 0 Å². The number of hydrogen-bond donors (Lipinski definition) is 1. The molecule has 3 atom stereocenters. The fourth-order valence-corrected chi connectivity index (χ4v) is 4.04. The molecule has 2 aliphatic rings. The maximum Gasteiger partial charge on any atom is 0.0512 e. The molecule has 0 aliphatic carbocycles. The maximum atomic E-state index is 6.40. The number of nitrogens with two attached hydrogens (primary N) is 1. The van der Waals surface area contributed by atoms with Crippen molar-refractivity contribution >= 4 is 11.6 Å². The fourth-order valence-electron chi connectivity index (χ4n) is 3.80. The van der Waals surface area contributed by atoms with Gasteiger partial charge >= 0.3 is 0 Å². The highest BCUT2D eigenvalue weighted by Crippen LogP contribution is 2.33. The highest BCUT2D eigenvalue weighted by molar-refractivity contribution is 6.31. The summed E-state index contributed by atoms with van der Waals surface area (Å²) in [6.07, 6.45) is 2.66. The summed E-state index contributed by atoms with van der Waals surface area (Å²) >= 11 is 6.40. The van der Waals surface area contributed by atoms with Crippen molar-refractivity contribution in [2.45, 2.75) is 37.9 Å². The van der Waals surface area contributed by atoms with Crippen LogP contribution in [0.2, 0.25) is 5.02 Å². The SMILES string of the molecule is CC(N)C(c1ccccc1Cl)N1CCN2CCCC2C1. The second-order valence-electron chi connectivity index (χ2n) is 6.15. The predicted octanol–water partition coefficient (Wildman–Crippen LogP) is 2.51. The summed E-state index contributed by atoms with van der Waals surface area (Å²) in [5, 5.41) is 0.837. The number of piperazine rings is 1. The van der Waals surface area contributed by atoms with Crippen LogP contribution in [0.1, 0.15) is 31.4 Å². The minimum absolute atomic E-state index is 0.0860. The smallest absolute Gasteiger partial charge is 0.0512 e. The molecule has 1 aromatic carbocycles. The zero-order valence-corrected chi connectivity index (χ0v) is 12.9. The van der Waals surface area contributed by atoms with Crippen molar-refractivity contribution < 1.29 is 0 Å². The van der Waals surface area contributed by atoms with E-state index in [0.717, 1.165) is 18.1 Å². The van der Waals surface area contributed by atoms with Crippen molar-refractivity contribution in [1.29, 1.82) is 0 Å². The van der Waals surface area contributed by atoms with Gasteiger partial charge in [-0.3, -0.25) is 9.80 Å². The molecule has 2 N–H and O–H groups in total. The Morgan fingerprint density at radius 3 is 2.80 bits per heavy atom. The first-order valence-corrected chi connectivity index (χ1v) is 8.02. The molecule has 2 heterocycles. The first kappa shape index (κ1) is 14.3. The zero-order chi connectivity index (χ0) is 14.1. The van der Waals surface area contributed by atoms with Gasteiger partial charge in [0.05, 0.1) is 6.04 Å². The lowest BCUT2D eigenvalue weighted by Gasteiger charge is -2.43. The summed E-state index contributed by atoms with van der Waals surface area (Å²) in [6.45, 7) is 6.74. The van der Waals surface area contributed by atoms with Crippen LogP contribution in [0.5, 0.6) is 0 Å². The molecule has 0 aromatic heterocycles. The fraction of sp³-hybridized carbons (Fsp3) is 0.625. The molecular weight excluding hydrogens is 270 g/mol. The number of rotatable bonds is 3. The third kappa shape index (κ3) is 2.73. The number of nitrogens with zero attached hydrogens (tertiary/aromatic N) is 2. The van der Waals surface area contributed by atoms with Gasteiger partial charge in [0.15, 0.2) is 0 Å². The summed E-state index contributed by atoms with van der Waals surface area (Å²) < 4.78 is 0. The Balaban J connectivity index is 1.82. The monoisotopic (exact) mass is 293 g/mol. The van der Waals surface area contributed by atoms with Crippen molar-refractivity contribution in [2.75, 3.05) is 26.2 Å². The Morgan fingerprint density at radius 2 is 2.05 bits per heavy atom. The van der Waals surface area contributed by atoms with E-state index in [1.165, 1.54) is 31.5 Å². The molecule has 1 aromatic rings. The molecule has 110 valence electrons. The van der Waals surface area contributed by atoms with Gasteiger partial charge in [0, 0.05) is 36.7 Å². The molecular formula is C16H24ClN3. The van der Waals surface area contributed by atoms with E-state index in [9.17, 15) is 0 Å². The lowest BCUT2D eigenvalue weighted by atomic mass is 9.97. The number of fused-ring (bicyclic) bond motifs is 1. The normalized spacial score (nSPS) is 27.2. The largest absolute Gasteiger partial charge is 0.326 e. The molecule has 3 unspecified atom stereocenters. The average Bonchev–Trinajstić information content (AvgIpc) is 2.88. The second-order valence-corrected chi connectivity index (χ2v) is 6.56. The van der Waals surface area contributed by atoms with Gasteiger partial charge in [-0.1, -0.05) is 29.8 Å². The average molecular weight is 294 g/mol. The van der Waals surface area contributed by atoms with E-state index in [1.807, 2.05) is 12.1 Å². The standard InChI is InChI=1S/C16H24ClN3/c1-12(18)16(14-6-2-3-7-15(14)17)20-10-9-19-8-4-5-13(19)11-20/h2-3,6-7,12-13,16H,4-5,8-11,18H2,1H3. The molecule has 3 rings (SSSR count). The van der Waals surface area contributed by atoms with Crippen molar-refractivity contribution in [3.05, 3.63) is 34.9 Å². The molecule has 20 heavy (non-hydrogen) atoms. The molecule has 0 amide bonds. The predicted molar refractivity (Wildman–Crippen MR) is 84.0 cm³/mol. The summed E-state index contributed by atoms with van der Waals surface area (Å²) in [7, 11) is 0. The minimum Gasteiger partial charge on any atom is -0.326 e. The number of benzene rings is 1. The van der Waals surface area contributed by atoms with E-state index in [-0.39, 0.29) is 12.1 Å². The molecule has 4 heteroatoms. The van der Waals surface area contributed by atoms with Crippen molar-refractivity contribution in [3.63, 3.8) is 0 Å². The second kappa shape index (κ2) is 6.02. The van der Waals surface area contributed by atoms with Crippen LogP contribution >= 0.6 is 11.6 Å². The Labute approximate surface area is 126 Å². The van der Waals surface area contributed by atoms with E-state index in [0.29, 0.717) is 6.04 Å². The van der Waals surface area contributed by atoms with E-state index >= 15 is 0 Å². The van der Waals surface area contributed by atoms with Gasteiger partial charge in [-0.2, -0.15) is 0 Å². The van der Waals surface area contributed by atoms with Crippen LogP contribution in [0.4, 0.5) is 0 Å². The molecule has 3 nitrogen and oxygen atoms in total. The molecule has 0 bridgehead atoms. The molecule has 2 fully saturated rings. The lowest BCUT2D eigenvalue weighted by Crippen LogP contribution is -2.53. The molecule has 2 saturated heterocycles. The van der Waals surface area contributed by atoms with Crippen molar-refractivity contribution in [2.24, 2.45) is 5.73 Å². The number of hydrogen-bond acceptors (Lipinski definition) is 3. The quantitative estimate of drug-likeness (QED) is 0.929. The zero-order valence-electron chi connectivity index (χ0n) is 12.1. The van der Waals surface area contributed by atoms with Gasteiger partial charge in [0.25, 0.3) is 0 Å². The van der Waals surface area contributed by atoms with E-state index in [2.05, 4.69) is 28.9 Å². The lowest BCUT2D eigenvalue weighted by molar-refractivity contribution is 0.0636. The highest BCUT2D eigenvalue weighted by atomic mass is 35.5. The molecule has 0 saturated carbocycles. The van der Waals surface area contributed by atoms with Crippen LogP contribution in [0.3, 0.4) is 0 Å². The third-order valence-corrected chi connectivity index (χ3v) is 5.08. The third-order valence-electron chi connectivity index (χ3n) is 4.73. The van der Waals surface area contributed by atoms with Gasteiger partial charge in [-0.05, 0) is 37.9 Å². The van der Waals surface area contributed by atoms with Gasteiger partial charge < -0.3 is 5.73 Å². The highest BCUT2D eigenvalue weighted by Gasteiger charge is 2.35. The van der Waals surface area contributed by atoms with Crippen LogP contribution in [-0.2, 0) is 0 Å². The molecule has 0 radical (unpaired) electrons. The Hall–Kier alpha value is -0.610. The van der Waals surface area contributed by atoms with E-state index in [1.54, 1.807) is 0 Å². The van der Waals surface area contributed by atoms with Gasteiger partial charge in [-0.15, -0.1) is 0 Å². The van der Waals surface area contributed by atoms with Crippen LogP contribution in [0.25, 0.3) is 0 Å². The van der Waals surface area contributed by atoms with Gasteiger partial charge in [-0.25, -0.2) is 0 Å². The van der Waals surface area contributed by atoms with Crippen LogP contribution in [-0.4, -0.2) is 48.1 Å². The first-order chi connectivity index (χ1) is 9.66. The summed E-state index contributed by atoms with van der Waals surface area (Å²) in [6, 6.07) is 9.17. The summed E-state index contributed by atoms with van der Waals surface area (Å²) in [4.78, 5) is 5.17. The van der Waals surface area contributed by atoms with Gasteiger partial charge in [0.1, 0.15) is 0 Å². The molecule has 2 aliphatic heterocycles. The first-order valence-electron chi connectivity index (χ1n) is 7.65. The Morgan fingerprint density at radius 1 is 1.25 bits per heavy atom. The van der Waals surface area contributed by atoms with Crippen LogP contribution in [0.15, 0.2) is 24.3 Å². The number of halogens is 1. The maximum absolute atomic E-state index is 6.40. The minimum atomic E-state index is 0.0860.